The molecule has 1 heterocycles. The van der Waals surface area contributed by atoms with E-state index >= 15 is 0 Å². The number of thiazole rings is 1. The van der Waals surface area contributed by atoms with Crippen LogP contribution in [-0.2, 0) is 0 Å². The molecule has 0 spiro atoms. The zero-order chi connectivity index (χ0) is 12.6. The largest absolute Gasteiger partial charge is 0.288 e. The average Bonchev–Trinajstić information content (AvgIpc) is 2.61. The van der Waals surface area contributed by atoms with Crippen molar-refractivity contribution in [2.45, 2.75) is 20.8 Å². The van der Waals surface area contributed by atoms with Crippen LogP contribution < -0.4 is 0 Å². The fourth-order valence-corrected chi connectivity index (χ4v) is 2.49. The summed E-state index contributed by atoms with van der Waals surface area (Å²) in [7, 11) is 0. The van der Waals surface area contributed by atoms with Gasteiger partial charge < -0.3 is 0 Å². The second kappa shape index (κ2) is 4.37. The molecule has 0 saturated heterocycles. The smallest absolute Gasteiger partial charge is 0.204 e. The van der Waals surface area contributed by atoms with Gasteiger partial charge in [-0.3, -0.25) is 4.79 Å². The third kappa shape index (κ3) is 2.26. The molecule has 0 unspecified atom stereocenters. The monoisotopic (exact) mass is 249 g/mol. The Morgan fingerprint density at radius 3 is 2.53 bits per heavy atom. The first kappa shape index (κ1) is 11.9. The molecular weight excluding hydrogens is 237 g/mol. The van der Waals surface area contributed by atoms with Crippen LogP contribution in [0.25, 0.3) is 0 Å². The number of rotatable bonds is 2. The normalized spacial score (nSPS) is 10.6. The zero-order valence-electron chi connectivity index (χ0n) is 9.87. The Labute approximate surface area is 103 Å². The third-order valence-corrected chi connectivity index (χ3v) is 3.62. The lowest BCUT2D eigenvalue weighted by Crippen LogP contribution is -2.02. The lowest BCUT2D eigenvalue weighted by Gasteiger charge is -2.01. The van der Waals surface area contributed by atoms with Crippen LogP contribution in [-0.4, -0.2) is 10.8 Å². The lowest BCUT2D eigenvalue weighted by molar-refractivity contribution is 0.104. The van der Waals surface area contributed by atoms with Gasteiger partial charge in [-0.25, -0.2) is 9.37 Å². The number of halogens is 1. The van der Waals surface area contributed by atoms with Crippen molar-refractivity contribution < 1.29 is 9.18 Å². The highest BCUT2D eigenvalue weighted by Crippen LogP contribution is 2.22. The molecule has 0 amide bonds. The van der Waals surface area contributed by atoms with Crippen molar-refractivity contribution in [3.63, 3.8) is 0 Å². The van der Waals surface area contributed by atoms with Crippen LogP contribution >= 0.6 is 11.3 Å². The van der Waals surface area contributed by atoms with Crippen LogP contribution in [0.4, 0.5) is 4.39 Å². The summed E-state index contributed by atoms with van der Waals surface area (Å²) in [5, 5.41) is 0.846. The number of ketones is 1. The van der Waals surface area contributed by atoms with Crippen LogP contribution in [0.15, 0.2) is 18.2 Å². The molecule has 0 aliphatic heterocycles. The van der Waals surface area contributed by atoms with Gasteiger partial charge in [-0.15, -0.1) is 11.3 Å². The Morgan fingerprint density at radius 2 is 2.00 bits per heavy atom. The molecule has 1 aromatic heterocycles. The standard InChI is InChI=1S/C13H12FNOS/c1-7-4-5-10(6-11(7)14)12(16)13-8(2)15-9(3)17-13/h4-6H,1-3H3. The molecule has 2 rings (SSSR count). The van der Waals surface area contributed by atoms with Gasteiger partial charge in [0.25, 0.3) is 0 Å². The summed E-state index contributed by atoms with van der Waals surface area (Å²) in [5.74, 6) is -0.512. The quantitative estimate of drug-likeness (QED) is 0.763. The Bertz CT molecular complexity index is 589. The van der Waals surface area contributed by atoms with Gasteiger partial charge in [0.05, 0.1) is 15.6 Å². The van der Waals surface area contributed by atoms with E-state index in [9.17, 15) is 9.18 Å². The number of hydrogen-bond acceptors (Lipinski definition) is 3. The first-order valence-electron chi connectivity index (χ1n) is 5.24. The highest BCUT2D eigenvalue weighted by atomic mass is 32.1. The van der Waals surface area contributed by atoms with Crippen molar-refractivity contribution in [1.82, 2.24) is 4.98 Å². The van der Waals surface area contributed by atoms with E-state index in [2.05, 4.69) is 4.98 Å². The van der Waals surface area contributed by atoms with Crippen LogP contribution in [0.5, 0.6) is 0 Å². The molecule has 0 radical (unpaired) electrons. The number of nitrogens with zero attached hydrogens (tertiary/aromatic N) is 1. The molecule has 88 valence electrons. The second-order valence-electron chi connectivity index (χ2n) is 3.94. The maximum atomic E-state index is 13.4. The van der Waals surface area contributed by atoms with E-state index in [1.807, 2.05) is 6.92 Å². The van der Waals surface area contributed by atoms with Gasteiger partial charge in [-0.2, -0.15) is 0 Å². The van der Waals surface area contributed by atoms with E-state index in [0.717, 1.165) is 5.01 Å². The Kier molecular flexibility index (Phi) is 3.07. The van der Waals surface area contributed by atoms with Crippen molar-refractivity contribution in [3.8, 4) is 0 Å². The minimum Gasteiger partial charge on any atom is -0.288 e. The SMILES string of the molecule is Cc1nc(C)c(C(=O)c2ccc(C)c(F)c2)s1. The summed E-state index contributed by atoms with van der Waals surface area (Å²) in [4.78, 5) is 16.9. The molecule has 0 aliphatic carbocycles. The number of aryl methyl sites for hydroxylation is 3. The molecule has 4 heteroatoms. The lowest BCUT2D eigenvalue weighted by atomic mass is 10.1. The van der Waals surface area contributed by atoms with Crippen molar-refractivity contribution in [1.29, 1.82) is 0 Å². The van der Waals surface area contributed by atoms with E-state index in [1.165, 1.54) is 17.4 Å². The van der Waals surface area contributed by atoms with E-state index in [0.29, 0.717) is 21.7 Å². The van der Waals surface area contributed by atoms with Gasteiger partial charge in [-0.05, 0) is 32.4 Å². The van der Waals surface area contributed by atoms with Crippen molar-refractivity contribution in [2.75, 3.05) is 0 Å². The molecule has 0 fully saturated rings. The average molecular weight is 249 g/mol. The topological polar surface area (TPSA) is 30.0 Å². The first-order valence-corrected chi connectivity index (χ1v) is 6.05. The Hall–Kier alpha value is -1.55. The fourth-order valence-electron chi connectivity index (χ4n) is 1.61. The summed E-state index contributed by atoms with van der Waals surface area (Å²) in [6.07, 6.45) is 0. The zero-order valence-corrected chi connectivity index (χ0v) is 10.7. The summed E-state index contributed by atoms with van der Waals surface area (Å²) in [6.45, 7) is 5.32. The molecule has 0 bridgehead atoms. The van der Waals surface area contributed by atoms with Gasteiger partial charge in [0.1, 0.15) is 5.82 Å². The van der Waals surface area contributed by atoms with Crippen molar-refractivity contribution in [3.05, 3.63) is 50.7 Å². The minimum atomic E-state index is -0.352. The Balaban J connectivity index is 2.44. The van der Waals surface area contributed by atoms with Gasteiger partial charge in [0.15, 0.2) is 0 Å². The number of aromatic nitrogens is 1. The van der Waals surface area contributed by atoms with Crippen molar-refractivity contribution >= 4 is 17.1 Å². The fraction of sp³-hybridized carbons (Fsp3) is 0.231. The molecule has 1 aromatic carbocycles. The van der Waals surface area contributed by atoms with Crippen LogP contribution in [0.2, 0.25) is 0 Å². The molecule has 2 aromatic rings. The van der Waals surface area contributed by atoms with Crippen LogP contribution in [0, 0.1) is 26.6 Å². The maximum absolute atomic E-state index is 13.4. The molecule has 0 N–H and O–H groups in total. The second-order valence-corrected chi connectivity index (χ2v) is 5.14. The molecule has 17 heavy (non-hydrogen) atoms. The minimum absolute atomic E-state index is 0.160. The van der Waals surface area contributed by atoms with Crippen molar-refractivity contribution in [2.24, 2.45) is 0 Å². The van der Waals surface area contributed by atoms with E-state index in [-0.39, 0.29) is 11.6 Å². The van der Waals surface area contributed by atoms with E-state index < -0.39 is 0 Å². The predicted octanol–water partition coefficient (Wildman–Crippen LogP) is 3.44. The van der Waals surface area contributed by atoms with Gasteiger partial charge in [0.2, 0.25) is 5.78 Å². The maximum Gasteiger partial charge on any atom is 0.204 e. The number of benzene rings is 1. The summed E-state index contributed by atoms with van der Waals surface area (Å²) in [5.41, 5.74) is 1.62. The van der Waals surface area contributed by atoms with E-state index in [1.54, 1.807) is 26.0 Å². The highest BCUT2D eigenvalue weighted by molar-refractivity contribution is 7.14. The third-order valence-electron chi connectivity index (χ3n) is 2.54. The van der Waals surface area contributed by atoms with Crippen LogP contribution in [0.1, 0.15) is 31.5 Å². The number of carbonyl (C=O) groups excluding carboxylic acids is 1. The number of hydrogen-bond donors (Lipinski definition) is 0. The first-order chi connectivity index (χ1) is 7.99. The highest BCUT2D eigenvalue weighted by Gasteiger charge is 2.16. The summed E-state index contributed by atoms with van der Waals surface area (Å²) < 4.78 is 13.4. The summed E-state index contributed by atoms with van der Waals surface area (Å²) >= 11 is 1.34. The van der Waals surface area contributed by atoms with Gasteiger partial charge >= 0.3 is 0 Å². The molecule has 0 aliphatic rings. The Morgan fingerprint density at radius 1 is 1.29 bits per heavy atom. The van der Waals surface area contributed by atoms with Crippen LogP contribution in [0.3, 0.4) is 0 Å². The molecule has 0 saturated carbocycles. The number of carbonyl (C=O) groups is 1. The summed E-state index contributed by atoms with van der Waals surface area (Å²) in [6, 6.07) is 4.55. The van der Waals surface area contributed by atoms with E-state index in [4.69, 9.17) is 0 Å². The van der Waals surface area contributed by atoms with Gasteiger partial charge in [-0.1, -0.05) is 12.1 Å². The molecule has 0 atom stereocenters. The molecule has 2 nitrogen and oxygen atoms in total. The molecular formula is C13H12FNOS. The predicted molar refractivity (Wildman–Crippen MR) is 66.2 cm³/mol. The van der Waals surface area contributed by atoms with Gasteiger partial charge in [0, 0.05) is 5.56 Å².